The monoisotopic (exact) mass is 374 g/mol. The first-order chi connectivity index (χ1) is 12.3. The van der Waals surface area contributed by atoms with Gasteiger partial charge in [-0.2, -0.15) is 0 Å². The number of carbonyl (C=O) groups excluding carboxylic acids is 1. The average Bonchev–Trinajstić information content (AvgIpc) is 2.88. The lowest BCUT2D eigenvalue weighted by Crippen LogP contribution is -2.20. The van der Waals surface area contributed by atoms with Gasteiger partial charge in [0.25, 0.3) is 10.0 Å². The van der Waals surface area contributed by atoms with E-state index in [1.165, 1.54) is 17.2 Å². The molecule has 1 aliphatic rings. The highest BCUT2D eigenvalue weighted by molar-refractivity contribution is 7.92. The fourth-order valence-corrected chi connectivity index (χ4v) is 3.79. The highest BCUT2D eigenvalue weighted by Crippen LogP contribution is 2.30. The van der Waals surface area contributed by atoms with E-state index in [0.29, 0.717) is 23.0 Å². The van der Waals surface area contributed by atoms with Crippen molar-refractivity contribution in [2.24, 2.45) is 5.92 Å². The molecule has 0 radical (unpaired) electrons. The van der Waals surface area contributed by atoms with Crippen molar-refractivity contribution in [3.63, 3.8) is 0 Å². The fraction of sp³-hybridized carbons (Fsp3) is 0.333. The van der Waals surface area contributed by atoms with Crippen molar-refractivity contribution in [1.29, 1.82) is 0 Å². The SMILES string of the molecule is CC(C)CNc1ccc(NS(=O)(=O)c2ccc3c(c2)CC(=O)N3C)cn1. The number of hydrogen-bond donors (Lipinski definition) is 2. The van der Waals surface area contributed by atoms with Gasteiger partial charge >= 0.3 is 0 Å². The average molecular weight is 374 g/mol. The number of sulfonamides is 1. The van der Waals surface area contributed by atoms with Gasteiger partial charge in [0, 0.05) is 19.3 Å². The van der Waals surface area contributed by atoms with E-state index < -0.39 is 10.0 Å². The Labute approximate surface area is 153 Å². The minimum absolute atomic E-state index is 0.0452. The second-order valence-electron chi connectivity index (χ2n) is 6.73. The lowest BCUT2D eigenvalue weighted by Gasteiger charge is -2.12. The summed E-state index contributed by atoms with van der Waals surface area (Å²) in [7, 11) is -2.07. The Bertz CT molecular complexity index is 924. The Morgan fingerprint density at radius 2 is 2.00 bits per heavy atom. The zero-order valence-corrected chi connectivity index (χ0v) is 15.8. The Hall–Kier alpha value is -2.61. The van der Waals surface area contributed by atoms with E-state index in [2.05, 4.69) is 28.9 Å². The van der Waals surface area contributed by atoms with E-state index in [1.807, 2.05) is 0 Å². The first kappa shape index (κ1) is 18.2. The summed E-state index contributed by atoms with van der Waals surface area (Å²) >= 11 is 0. The summed E-state index contributed by atoms with van der Waals surface area (Å²) in [5, 5.41) is 3.18. The van der Waals surface area contributed by atoms with E-state index in [9.17, 15) is 13.2 Å². The summed E-state index contributed by atoms with van der Waals surface area (Å²) in [6, 6.07) is 8.10. The number of fused-ring (bicyclic) bond motifs is 1. The smallest absolute Gasteiger partial charge is 0.261 e. The summed E-state index contributed by atoms with van der Waals surface area (Å²) in [4.78, 5) is 17.6. The molecule has 0 atom stereocenters. The number of aromatic nitrogens is 1. The summed E-state index contributed by atoms with van der Waals surface area (Å²) < 4.78 is 27.7. The molecular weight excluding hydrogens is 352 g/mol. The predicted octanol–water partition coefficient (Wildman–Crippen LogP) is 2.47. The van der Waals surface area contributed by atoms with Crippen molar-refractivity contribution >= 4 is 33.1 Å². The van der Waals surface area contributed by atoms with Crippen LogP contribution >= 0.6 is 0 Å². The quantitative estimate of drug-likeness (QED) is 0.810. The Balaban J connectivity index is 1.75. The summed E-state index contributed by atoms with van der Waals surface area (Å²) in [5.41, 5.74) is 1.84. The van der Waals surface area contributed by atoms with Crippen LogP contribution in [0.4, 0.5) is 17.2 Å². The number of amides is 1. The molecule has 26 heavy (non-hydrogen) atoms. The van der Waals surface area contributed by atoms with Crippen LogP contribution in [0.1, 0.15) is 19.4 Å². The Kier molecular flexibility index (Phi) is 4.86. The lowest BCUT2D eigenvalue weighted by atomic mass is 10.2. The molecule has 1 aromatic heterocycles. The van der Waals surface area contributed by atoms with Gasteiger partial charge in [-0.1, -0.05) is 13.8 Å². The second-order valence-corrected chi connectivity index (χ2v) is 8.41. The molecule has 3 rings (SSSR count). The third-order valence-electron chi connectivity index (χ3n) is 4.15. The van der Waals surface area contributed by atoms with E-state index in [-0.39, 0.29) is 17.2 Å². The van der Waals surface area contributed by atoms with E-state index in [1.54, 1.807) is 31.3 Å². The Morgan fingerprint density at radius 1 is 1.23 bits per heavy atom. The summed E-state index contributed by atoms with van der Waals surface area (Å²) in [5.74, 6) is 1.14. The van der Waals surface area contributed by atoms with Crippen LogP contribution in [-0.2, 0) is 21.2 Å². The van der Waals surface area contributed by atoms with Crippen molar-refractivity contribution in [2.75, 3.05) is 28.5 Å². The molecule has 2 N–H and O–H groups in total. The standard InChI is InChI=1S/C18H22N4O3S/c1-12(2)10-19-17-7-4-14(11-20-17)21-26(24,25)15-5-6-16-13(8-15)9-18(23)22(16)3/h4-8,11-12,21H,9-10H2,1-3H3,(H,19,20). The molecule has 0 spiro atoms. The van der Waals surface area contributed by atoms with Crippen molar-refractivity contribution in [3.8, 4) is 0 Å². The second kappa shape index (κ2) is 6.95. The summed E-state index contributed by atoms with van der Waals surface area (Å²) in [6.07, 6.45) is 1.69. The Morgan fingerprint density at radius 3 is 2.65 bits per heavy atom. The molecular formula is C18H22N4O3S. The summed E-state index contributed by atoms with van der Waals surface area (Å²) in [6.45, 7) is 4.98. The first-order valence-corrected chi connectivity index (χ1v) is 9.87. The molecule has 8 heteroatoms. The van der Waals surface area contributed by atoms with E-state index in [0.717, 1.165) is 12.2 Å². The van der Waals surface area contributed by atoms with Gasteiger partial charge < -0.3 is 10.2 Å². The molecule has 0 fully saturated rings. The number of anilines is 3. The number of benzene rings is 1. The van der Waals surface area contributed by atoms with Crippen LogP contribution in [-0.4, -0.2) is 32.9 Å². The van der Waals surface area contributed by atoms with Crippen LogP contribution in [0.2, 0.25) is 0 Å². The number of pyridine rings is 1. The van der Waals surface area contributed by atoms with Gasteiger partial charge in [-0.3, -0.25) is 9.52 Å². The van der Waals surface area contributed by atoms with Gasteiger partial charge in [0.15, 0.2) is 0 Å². The van der Waals surface area contributed by atoms with Gasteiger partial charge in [-0.15, -0.1) is 0 Å². The zero-order valence-electron chi connectivity index (χ0n) is 15.0. The molecule has 7 nitrogen and oxygen atoms in total. The van der Waals surface area contributed by atoms with Crippen molar-refractivity contribution < 1.29 is 13.2 Å². The predicted molar refractivity (Wildman–Crippen MR) is 102 cm³/mol. The molecule has 2 heterocycles. The molecule has 1 aliphatic heterocycles. The number of likely N-dealkylation sites (N-methyl/N-ethyl adjacent to an activating group) is 1. The topological polar surface area (TPSA) is 91.4 Å². The molecule has 0 saturated heterocycles. The number of rotatable bonds is 6. The molecule has 0 aliphatic carbocycles. The molecule has 138 valence electrons. The number of carbonyl (C=O) groups is 1. The highest BCUT2D eigenvalue weighted by Gasteiger charge is 2.26. The van der Waals surface area contributed by atoms with Gasteiger partial charge in [0.05, 0.1) is 23.2 Å². The van der Waals surface area contributed by atoms with Crippen LogP contribution in [0.3, 0.4) is 0 Å². The van der Waals surface area contributed by atoms with Crippen molar-refractivity contribution in [2.45, 2.75) is 25.2 Å². The van der Waals surface area contributed by atoms with Crippen molar-refractivity contribution in [3.05, 3.63) is 42.1 Å². The number of nitrogens with one attached hydrogen (secondary N) is 2. The van der Waals surface area contributed by atoms with Crippen LogP contribution in [0.5, 0.6) is 0 Å². The van der Waals surface area contributed by atoms with E-state index >= 15 is 0 Å². The normalized spacial score (nSPS) is 13.8. The van der Waals surface area contributed by atoms with Crippen molar-refractivity contribution in [1.82, 2.24) is 4.98 Å². The lowest BCUT2D eigenvalue weighted by molar-refractivity contribution is -0.117. The maximum Gasteiger partial charge on any atom is 0.261 e. The third kappa shape index (κ3) is 3.80. The molecule has 0 saturated carbocycles. The van der Waals surface area contributed by atoms with Crippen LogP contribution < -0.4 is 14.9 Å². The van der Waals surface area contributed by atoms with Crippen LogP contribution in [0.25, 0.3) is 0 Å². The van der Waals surface area contributed by atoms with Crippen LogP contribution in [0.15, 0.2) is 41.4 Å². The van der Waals surface area contributed by atoms with Gasteiger partial charge in [-0.25, -0.2) is 13.4 Å². The number of nitrogens with zero attached hydrogens (tertiary/aromatic N) is 2. The zero-order chi connectivity index (χ0) is 18.9. The minimum Gasteiger partial charge on any atom is -0.370 e. The molecule has 2 aromatic rings. The third-order valence-corrected chi connectivity index (χ3v) is 5.52. The first-order valence-electron chi connectivity index (χ1n) is 8.38. The van der Waals surface area contributed by atoms with Gasteiger partial charge in [0.2, 0.25) is 5.91 Å². The van der Waals surface area contributed by atoms with Crippen LogP contribution in [0, 0.1) is 5.92 Å². The largest absolute Gasteiger partial charge is 0.370 e. The minimum atomic E-state index is -3.75. The maximum absolute atomic E-state index is 12.6. The molecule has 1 amide bonds. The molecule has 0 bridgehead atoms. The molecule has 1 aromatic carbocycles. The fourth-order valence-electron chi connectivity index (χ4n) is 2.70. The highest BCUT2D eigenvalue weighted by atomic mass is 32.2. The number of hydrogen-bond acceptors (Lipinski definition) is 5. The van der Waals surface area contributed by atoms with E-state index in [4.69, 9.17) is 0 Å². The maximum atomic E-state index is 12.6. The van der Waals surface area contributed by atoms with Gasteiger partial charge in [-0.05, 0) is 41.8 Å². The molecule has 0 unspecified atom stereocenters. The van der Waals surface area contributed by atoms with Gasteiger partial charge in [0.1, 0.15) is 5.82 Å².